The molecule has 0 bridgehead atoms. The molecule has 0 atom stereocenters. The summed E-state index contributed by atoms with van der Waals surface area (Å²) in [4.78, 5) is 23.7. The Morgan fingerprint density at radius 1 is 0.929 bits per heavy atom. The fraction of sp³-hybridized carbons (Fsp3) is 0. The quantitative estimate of drug-likeness (QED) is 0.599. The fourth-order valence-electron chi connectivity index (χ4n) is 2.04. The van der Waals surface area contributed by atoms with E-state index < -0.39 is 15.9 Å². The molecule has 0 aliphatic heterocycles. The molecule has 2 aromatic heterocycles. The highest BCUT2D eigenvalue weighted by Crippen LogP contribution is 2.31. The molecule has 12 heteroatoms. The molecule has 0 fully saturated rings. The van der Waals surface area contributed by atoms with Gasteiger partial charge in [0.15, 0.2) is 0 Å². The first kappa shape index (κ1) is 20.3. The first-order valence-electron chi connectivity index (χ1n) is 7.48. The molecule has 1 aromatic carbocycles. The van der Waals surface area contributed by atoms with Crippen LogP contribution >= 0.6 is 34.8 Å². The van der Waals surface area contributed by atoms with Crippen LogP contribution in [0, 0.1) is 0 Å². The number of hydrogen-bond acceptors (Lipinski definition) is 6. The van der Waals surface area contributed by atoms with E-state index in [1.807, 2.05) is 0 Å². The van der Waals surface area contributed by atoms with Gasteiger partial charge in [-0.05, 0) is 30.3 Å². The van der Waals surface area contributed by atoms with Crippen LogP contribution in [0.3, 0.4) is 0 Å². The molecule has 1 amide bonds. The van der Waals surface area contributed by atoms with E-state index in [2.05, 4.69) is 25.0 Å². The zero-order valence-electron chi connectivity index (χ0n) is 13.7. The van der Waals surface area contributed by atoms with Crippen molar-refractivity contribution in [1.29, 1.82) is 0 Å². The van der Waals surface area contributed by atoms with Gasteiger partial charge < -0.3 is 5.32 Å². The molecule has 3 rings (SSSR count). The molecule has 28 heavy (non-hydrogen) atoms. The van der Waals surface area contributed by atoms with E-state index in [9.17, 15) is 13.2 Å². The van der Waals surface area contributed by atoms with Gasteiger partial charge in [-0.3, -0.25) is 4.79 Å². The van der Waals surface area contributed by atoms with Crippen molar-refractivity contribution in [2.45, 2.75) is 4.90 Å². The molecule has 0 saturated heterocycles. The summed E-state index contributed by atoms with van der Waals surface area (Å²) in [6.07, 6.45) is 4.02. The van der Waals surface area contributed by atoms with Gasteiger partial charge in [-0.2, -0.15) is 0 Å². The Kier molecular flexibility index (Phi) is 5.99. The van der Waals surface area contributed by atoms with E-state index in [4.69, 9.17) is 34.8 Å². The van der Waals surface area contributed by atoms with Gasteiger partial charge in [0.1, 0.15) is 5.69 Å². The van der Waals surface area contributed by atoms with E-state index in [1.54, 1.807) is 6.07 Å². The van der Waals surface area contributed by atoms with E-state index in [-0.39, 0.29) is 31.6 Å². The molecule has 2 N–H and O–H groups in total. The molecule has 144 valence electrons. The second kappa shape index (κ2) is 8.27. The zero-order chi connectivity index (χ0) is 20.3. The van der Waals surface area contributed by atoms with Crippen molar-refractivity contribution in [3.8, 4) is 0 Å². The Hall–Kier alpha value is -2.46. The highest BCUT2D eigenvalue weighted by atomic mass is 35.5. The van der Waals surface area contributed by atoms with Crippen molar-refractivity contribution >= 4 is 62.4 Å². The minimum atomic E-state index is -3.88. The molecule has 0 aliphatic rings. The number of anilines is 2. The predicted octanol–water partition coefficient (Wildman–Crippen LogP) is 3.88. The van der Waals surface area contributed by atoms with Crippen LogP contribution in [0.1, 0.15) is 10.5 Å². The Labute approximate surface area is 175 Å². The Bertz CT molecular complexity index is 1130. The normalized spacial score (nSPS) is 11.1. The maximum atomic E-state index is 12.3. The van der Waals surface area contributed by atoms with Gasteiger partial charge in [0.25, 0.3) is 15.9 Å². The van der Waals surface area contributed by atoms with Crippen LogP contribution in [-0.2, 0) is 10.0 Å². The number of halogens is 3. The lowest BCUT2D eigenvalue weighted by Gasteiger charge is -2.09. The first-order chi connectivity index (χ1) is 13.3. The van der Waals surface area contributed by atoms with Crippen molar-refractivity contribution < 1.29 is 13.2 Å². The number of hydrogen-bond donors (Lipinski definition) is 2. The van der Waals surface area contributed by atoms with Crippen molar-refractivity contribution in [2.24, 2.45) is 0 Å². The molecule has 0 radical (unpaired) electrons. The minimum Gasteiger partial charge on any atom is -0.321 e. The van der Waals surface area contributed by atoms with Crippen LogP contribution in [0.5, 0.6) is 0 Å². The summed E-state index contributed by atoms with van der Waals surface area (Å²) in [7, 11) is -3.88. The molecule has 0 aliphatic carbocycles. The Morgan fingerprint density at radius 3 is 2.21 bits per heavy atom. The average molecular weight is 459 g/mol. The number of sulfonamides is 1. The zero-order valence-corrected chi connectivity index (χ0v) is 16.8. The van der Waals surface area contributed by atoms with Gasteiger partial charge in [0.05, 0.1) is 20.0 Å². The van der Waals surface area contributed by atoms with Gasteiger partial charge in [0.2, 0.25) is 5.95 Å². The highest BCUT2D eigenvalue weighted by molar-refractivity contribution is 7.92. The number of amides is 1. The van der Waals surface area contributed by atoms with Crippen LogP contribution < -0.4 is 10.0 Å². The summed E-state index contributed by atoms with van der Waals surface area (Å²) in [5.41, 5.74) is 0.208. The standard InChI is InChI=1S/C16H10Cl3N5O3S/c17-11-8-22-14(13(19)12(11)18)15(25)23-9-2-4-10(5-3-9)28(26,27)24-16-20-6-1-7-21-16/h1-8H,(H,23,25)(H,20,21,24). The van der Waals surface area contributed by atoms with Crippen LogP contribution in [0.2, 0.25) is 15.1 Å². The van der Waals surface area contributed by atoms with Crippen LogP contribution in [0.25, 0.3) is 0 Å². The number of rotatable bonds is 5. The minimum absolute atomic E-state index is 0.0131. The predicted molar refractivity (Wildman–Crippen MR) is 107 cm³/mol. The summed E-state index contributed by atoms with van der Waals surface area (Å²) in [6.45, 7) is 0. The number of carbonyl (C=O) groups is 1. The molecular formula is C16H10Cl3N5O3S. The SMILES string of the molecule is O=C(Nc1ccc(S(=O)(=O)Nc2ncccn2)cc1)c1ncc(Cl)c(Cl)c1Cl. The number of aromatic nitrogens is 3. The van der Waals surface area contributed by atoms with Crippen molar-refractivity contribution in [2.75, 3.05) is 10.0 Å². The van der Waals surface area contributed by atoms with E-state index in [0.29, 0.717) is 5.69 Å². The van der Waals surface area contributed by atoms with Gasteiger partial charge in [-0.1, -0.05) is 34.8 Å². The van der Waals surface area contributed by atoms with E-state index in [1.165, 1.54) is 42.9 Å². The molecule has 2 heterocycles. The molecule has 0 saturated carbocycles. The largest absolute Gasteiger partial charge is 0.321 e. The second-order valence-corrected chi connectivity index (χ2v) is 8.08. The lowest BCUT2D eigenvalue weighted by molar-refractivity contribution is 0.102. The van der Waals surface area contributed by atoms with Gasteiger partial charge in [-0.25, -0.2) is 28.1 Å². The third-order valence-corrected chi connectivity index (χ3v) is 5.93. The summed E-state index contributed by atoms with van der Waals surface area (Å²) >= 11 is 17.7. The number of carbonyl (C=O) groups excluding carboxylic acids is 1. The maximum absolute atomic E-state index is 12.3. The third kappa shape index (κ3) is 4.50. The number of nitrogens with zero attached hydrogens (tertiary/aromatic N) is 3. The number of nitrogens with one attached hydrogen (secondary N) is 2. The van der Waals surface area contributed by atoms with Gasteiger partial charge >= 0.3 is 0 Å². The molecule has 0 unspecified atom stereocenters. The first-order valence-corrected chi connectivity index (χ1v) is 10.1. The topological polar surface area (TPSA) is 114 Å². The number of pyridine rings is 1. The maximum Gasteiger partial charge on any atom is 0.275 e. The van der Waals surface area contributed by atoms with E-state index >= 15 is 0 Å². The molecule has 8 nitrogen and oxygen atoms in total. The molecule has 3 aromatic rings. The highest BCUT2D eigenvalue weighted by Gasteiger charge is 2.18. The van der Waals surface area contributed by atoms with Crippen molar-refractivity contribution in [3.05, 3.63) is 69.7 Å². The van der Waals surface area contributed by atoms with Crippen molar-refractivity contribution in [1.82, 2.24) is 15.0 Å². The van der Waals surface area contributed by atoms with Gasteiger partial charge in [0, 0.05) is 24.3 Å². The monoisotopic (exact) mass is 457 g/mol. The number of benzene rings is 1. The second-order valence-electron chi connectivity index (χ2n) is 5.24. The van der Waals surface area contributed by atoms with Crippen LogP contribution in [0.4, 0.5) is 11.6 Å². The molecule has 0 spiro atoms. The summed E-state index contributed by atoms with van der Waals surface area (Å²) in [5, 5.41) is 2.59. The lowest BCUT2D eigenvalue weighted by atomic mass is 10.3. The molecular weight excluding hydrogens is 449 g/mol. The average Bonchev–Trinajstić information content (AvgIpc) is 2.67. The van der Waals surface area contributed by atoms with Crippen molar-refractivity contribution in [3.63, 3.8) is 0 Å². The smallest absolute Gasteiger partial charge is 0.275 e. The summed E-state index contributed by atoms with van der Waals surface area (Å²) < 4.78 is 26.9. The fourth-order valence-corrected chi connectivity index (χ4v) is 3.56. The Balaban J connectivity index is 1.76. The Morgan fingerprint density at radius 2 is 1.57 bits per heavy atom. The van der Waals surface area contributed by atoms with E-state index in [0.717, 1.165) is 0 Å². The summed E-state index contributed by atoms with van der Waals surface area (Å²) in [6, 6.07) is 6.99. The summed E-state index contributed by atoms with van der Waals surface area (Å²) in [5.74, 6) is -0.685. The van der Waals surface area contributed by atoms with Gasteiger partial charge in [-0.15, -0.1) is 0 Å². The van der Waals surface area contributed by atoms with Crippen LogP contribution in [0.15, 0.2) is 53.8 Å². The van der Waals surface area contributed by atoms with Crippen LogP contribution in [-0.4, -0.2) is 29.3 Å². The third-order valence-electron chi connectivity index (χ3n) is 3.35. The lowest BCUT2D eigenvalue weighted by Crippen LogP contribution is -2.16.